The second-order valence-electron chi connectivity index (χ2n) is 4.36. The lowest BCUT2D eigenvalue weighted by molar-refractivity contribution is 0.101. The Hall–Kier alpha value is -2.56. The van der Waals surface area contributed by atoms with Gasteiger partial charge in [0.25, 0.3) is 5.91 Å². The summed E-state index contributed by atoms with van der Waals surface area (Å²) in [7, 11) is 1.75. The minimum absolute atomic E-state index is 0.00640. The van der Waals surface area contributed by atoms with E-state index in [-0.39, 0.29) is 11.7 Å². The van der Waals surface area contributed by atoms with Gasteiger partial charge >= 0.3 is 0 Å². The molecule has 1 aromatic heterocycles. The van der Waals surface area contributed by atoms with Gasteiger partial charge in [-0.15, -0.1) is 0 Å². The number of nitrogen functional groups attached to an aromatic ring is 1. The third-order valence-electron chi connectivity index (χ3n) is 2.81. The molecule has 0 aliphatic carbocycles. The largest absolute Gasteiger partial charge is 0.397 e. The molecule has 0 saturated carbocycles. The summed E-state index contributed by atoms with van der Waals surface area (Å²) in [6.45, 7) is 1.50. The summed E-state index contributed by atoms with van der Waals surface area (Å²) in [5.74, 6) is -0.247. The lowest BCUT2D eigenvalue weighted by atomic mass is 10.1. The average molecular weight is 257 g/mol. The Morgan fingerprint density at radius 1 is 1.21 bits per heavy atom. The summed E-state index contributed by atoms with van der Waals surface area (Å²) in [5, 5.41) is 2.75. The normalized spacial score (nSPS) is 10.2. The Labute approximate surface area is 111 Å². The molecular formula is C14H15N3O2. The molecule has 0 saturated heterocycles. The van der Waals surface area contributed by atoms with Crippen molar-refractivity contribution in [1.82, 2.24) is 4.57 Å². The molecule has 0 unspecified atom stereocenters. The molecule has 5 heteroatoms. The highest BCUT2D eigenvalue weighted by Crippen LogP contribution is 2.14. The van der Waals surface area contributed by atoms with Crippen molar-refractivity contribution in [3.8, 4) is 0 Å². The first-order valence-electron chi connectivity index (χ1n) is 5.81. The van der Waals surface area contributed by atoms with E-state index in [4.69, 9.17) is 5.73 Å². The van der Waals surface area contributed by atoms with Crippen molar-refractivity contribution in [3.63, 3.8) is 0 Å². The van der Waals surface area contributed by atoms with Gasteiger partial charge in [-0.25, -0.2) is 0 Å². The number of carbonyl (C=O) groups excluding carboxylic acids is 2. The molecule has 0 aliphatic heterocycles. The quantitative estimate of drug-likeness (QED) is 0.826. The highest BCUT2D eigenvalue weighted by atomic mass is 16.2. The summed E-state index contributed by atoms with van der Waals surface area (Å²) in [6.07, 6.45) is 1.67. The number of hydrogen-bond acceptors (Lipinski definition) is 3. The molecule has 5 nitrogen and oxygen atoms in total. The molecule has 3 N–H and O–H groups in total. The third-order valence-corrected chi connectivity index (χ3v) is 2.81. The molecule has 2 rings (SSSR count). The average Bonchev–Trinajstić information content (AvgIpc) is 2.69. The van der Waals surface area contributed by atoms with Gasteiger partial charge in [0.2, 0.25) is 0 Å². The number of nitrogens with one attached hydrogen (secondary N) is 1. The van der Waals surface area contributed by atoms with E-state index in [1.165, 1.54) is 6.92 Å². The van der Waals surface area contributed by atoms with Gasteiger partial charge in [-0.05, 0) is 37.3 Å². The fourth-order valence-electron chi connectivity index (χ4n) is 1.80. The van der Waals surface area contributed by atoms with Crippen LogP contribution in [-0.4, -0.2) is 16.3 Å². The lowest BCUT2D eigenvalue weighted by Gasteiger charge is -2.06. The van der Waals surface area contributed by atoms with Crippen molar-refractivity contribution in [2.24, 2.45) is 7.05 Å². The van der Waals surface area contributed by atoms with Gasteiger partial charge in [0.1, 0.15) is 5.69 Å². The second kappa shape index (κ2) is 4.97. The number of nitrogens with zero attached hydrogens (tertiary/aromatic N) is 1. The maximum Gasteiger partial charge on any atom is 0.272 e. The van der Waals surface area contributed by atoms with Crippen LogP contribution in [0.4, 0.5) is 11.4 Å². The number of hydrogen-bond donors (Lipinski definition) is 2. The first-order chi connectivity index (χ1) is 8.97. The number of Topliss-reactive ketones (excluding diaryl/α,β-unsaturated/α-hetero) is 1. The van der Waals surface area contributed by atoms with Crippen LogP contribution in [0.25, 0.3) is 0 Å². The van der Waals surface area contributed by atoms with Crippen LogP contribution in [0.15, 0.2) is 36.5 Å². The number of carbonyl (C=O) groups is 2. The molecule has 0 radical (unpaired) electrons. The highest BCUT2D eigenvalue weighted by Gasteiger charge is 2.11. The molecule has 1 heterocycles. The Bertz CT molecular complexity index is 627. The van der Waals surface area contributed by atoms with Gasteiger partial charge in [0.05, 0.1) is 5.69 Å². The lowest BCUT2D eigenvalue weighted by Crippen LogP contribution is -2.15. The number of anilines is 2. The molecular weight excluding hydrogens is 242 g/mol. The Morgan fingerprint density at radius 3 is 2.32 bits per heavy atom. The van der Waals surface area contributed by atoms with Gasteiger partial charge < -0.3 is 15.6 Å². The molecule has 0 aliphatic rings. The Balaban J connectivity index is 2.15. The number of aryl methyl sites for hydroxylation is 1. The van der Waals surface area contributed by atoms with E-state index >= 15 is 0 Å². The zero-order valence-corrected chi connectivity index (χ0v) is 10.8. The van der Waals surface area contributed by atoms with E-state index in [2.05, 4.69) is 5.32 Å². The monoisotopic (exact) mass is 257 g/mol. The van der Waals surface area contributed by atoms with Crippen LogP contribution in [0, 0.1) is 0 Å². The van der Waals surface area contributed by atoms with Gasteiger partial charge in [-0.3, -0.25) is 9.59 Å². The van der Waals surface area contributed by atoms with Gasteiger partial charge in [0, 0.05) is 24.5 Å². The smallest absolute Gasteiger partial charge is 0.272 e. The van der Waals surface area contributed by atoms with Crippen LogP contribution in [0.1, 0.15) is 27.8 Å². The van der Waals surface area contributed by atoms with E-state index in [1.807, 2.05) is 0 Å². The molecule has 0 fully saturated rings. The molecule has 98 valence electrons. The summed E-state index contributed by atoms with van der Waals surface area (Å²) in [4.78, 5) is 23.2. The number of nitrogens with two attached hydrogens (primary N) is 1. The minimum Gasteiger partial charge on any atom is -0.397 e. The number of ketones is 1. The van der Waals surface area contributed by atoms with Crippen molar-refractivity contribution in [3.05, 3.63) is 47.8 Å². The van der Waals surface area contributed by atoms with Gasteiger partial charge in [-0.2, -0.15) is 0 Å². The molecule has 0 atom stereocenters. The fourth-order valence-corrected chi connectivity index (χ4v) is 1.80. The molecule has 0 spiro atoms. The molecule has 1 amide bonds. The molecule has 19 heavy (non-hydrogen) atoms. The third kappa shape index (κ3) is 2.82. The fraction of sp³-hybridized carbons (Fsp3) is 0.143. The van der Waals surface area contributed by atoms with E-state index in [1.54, 1.807) is 48.1 Å². The van der Waals surface area contributed by atoms with Crippen LogP contribution < -0.4 is 11.1 Å². The van der Waals surface area contributed by atoms with Crippen molar-refractivity contribution >= 4 is 23.1 Å². The van der Waals surface area contributed by atoms with E-state index in [0.717, 1.165) is 0 Å². The Kier molecular flexibility index (Phi) is 3.37. The topological polar surface area (TPSA) is 77.1 Å². The first kappa shape index (κ1) is 12.9. The van der Waals surface area contributed by atoms with Crippen molar-refractivity contribution < 1.29 is 9.59 Å². The van der Waals surface area contributed by atoms with Crippen LogP contribution in [0.2, 0.25) is 0 Å². The van der Waals surface area contributed by atoms with Crippen LogP contribution >= 0.6 is 0 Å². The van der Waals surface area contributed by atoms with Gasteiger partial charge in [-0.1, -0.05) is 0 Å². The van der Waals surface area contributed by atoms with Crippen LogP contribution in [0.5, 0.6) is 0 Å². The highest BCUT2D eigenvalue weighted by molar-refractivity contribution is 6.04. The van der Waals surface area contributed by atoms with Crippen molar-refractivity contribution in [2.75, 3.05) is 11.1 Å². The first-order valence-corrected chi connectivity index (χ1v) is 5.81. The summed E-state index contributed by atoms with van der Waals surface area (Å²) in [6, 6.07) is 8.36. The van der Waals surface area contributed by atoms with E-state index < -0.39 is 0 Å². The maximum atomic E-state index is 12.0. The predicted molar refractivity (Wildman–Crippen MR) is 74.2 cm³/mol. The summed E-state index contributed by atoms with van der Waals surface area (Å²) in [5.41, 5.74) is 7.89. The van der Waals surface area contributed by atoms with Gasteiger partial charge in [0.15, 0.2) is 5.78 Å². The second-order valence-corrected chi connectivity index (χ2v) is 4.36. The molecule has 2 aromatic rings. The number of aromatic nitrogens is 1. The Morgan fingerprint density at radius 2 is 1.84 bits per heavy atom. The SMILES string of the molecule is CC(=O)c1ccc(NC(=O)c2cc(N)cn2C)cc1. The molecule has 1 aromatic carbocycles. The maximum absolute atomic E-state index is 12.0. The zero-order chi connectivity index (χ0) is 14.0. The molecule has 0 bridgehead atoms. The number of rotatable bonds is 3. The summed E-state index contributed by atoms with van der Waals surface area (Å²) >= 11 is 0. The van der Waals surface area contributed by atoms with E-state index in [9.17, 15) is 9.59 Å². The number of amides is 1. The van der Waals surface area contributed by atoms with Crippen molar-refractivity contribution in [2.45, 2.75) is 6.92 Å². The zero-order valence-electron chi connectivity index (χ0n) is 10.8. The van der Waals surface area contributed by atoms with E-state index in [0.29, 0.717) is 22.6 Å². The summed E-state index contributed by atoms with van der Waals surface area (Å²) < 4.78 is 1.66. The van der Waals surface area contributed by atoms with Crippen molar-refractivity contribution in [1.29, 1.82) is 0 Å². The standard InChI is InChI=1S/C14H15N3O2/c1-9(18)10-3-5-12(6-4-10)16-14(19)13-7-11(15)8-17(13)2/h3-8H,15H2,1-2H3,(H,16,19). The minimum atomic E-state index is -0.241. The number of benzene rings is 1. The van der Waals surface area contributed by atoms with Crippen LogP contribution in [0.3, 0.4) is 0 Å². The van der Waals surface area contributed by atoms with Crippen LogP contribution in [-0.2, 0) is 7.05 Å². The predicted octanol–water partition coefficient (Wildman–Crippen LogP) is 2.06.